The van der Waals surface area contributed by atoms with Crippen molar-refractivity contribution in [3.63, 3.8) is 0 Å². The molecule has 1 aliphatic rings. The molecule has 3 heterocycles. The molecule has 26 heavy (non-hydrogen) atoms. The molecule has 0 bridgehead atoms. The third-order valence-electron chi connectivity index (χ3n) is 4.03. The zero-order valence-electron chi connectivity index (χ0n) is 14.4. The van der Waals surface area contributed by atoms with Crippen molar-refractivity contribution in [2.24, 2.45) is 0 Å². The maximum atomic E-state index is 12.5. The van der Waals surface area contributed by atoms with Gasteiger partial charge in [-0.15, -0.1) is 11.3 Å². The van der Waals surface area contributed by atoms with Crippen LogP contribution in [0.15, 0.2) is 41.9 Å². The van der Waals surface area contributed by atoms with Crippen molar-refractivity contribution in [1.82, 2.24) is 15.3 Å². The van der Waals surface area contributed by atoms with Crippen LogP contribution in [0.2, 0.25) is 0 Å². The average Bonchev–Trinajstić information content (AvgIpc) is 3.35. The van der Waals surface area contributed by atoms with Gasteiger partial charge in [0.1, 0.15) is 0 Å². The van der Waals surface area contributed by atoms with E-state index in [2.05, 4.69) is 21.4 Å². The quantitative estimate of drug-likeness (QED) is 0.581. The molecular formula is C18H23N3O4S. The molecule has 8 heteroatoms. The summed E-state index contributed by atoms with van der Waals surface area (Å²) < 4.78 is 11.4. The molecule has 0 aromatic carbocycles. The fourth-order valence-corrected chi connectivity index (χ4v) is 3.53. The van der Waals surface area contributed by atoms with Gasteiger partial charge in [0.05, 0.1) is 12.9 Å². The molecule has 0 unspecified atom stereocenters. The van der Waals surface area contributed by atoms with E-state index < -0.39 is 6.29 Å². The summed E-state index contributed by atoms with van der Waals surface area (Å²) in [4.78, 5) is 20.6. The summed E-state index contributed by atoms with van der Waals surface area (Å²) in [5.41, 5.74) is 0.963. The Morgan fingerprint density at radius 3 is 3.19 bits per heavy atom. The number of nitrogens with zero attached hydrogens (tertiary/aromatic N) is 1. The molecule has 7 nitrogen and oxygen atoms in total. The van der Waals surface area contributed by atoms with Gasteiger partial charge < -0.3 is 24.9 Å². The molecule has 140 valence electrons. The summed E-state index contributed by atoms with van der Waals surface area (Å²) in [6.07, 6.45) is 6.58. The number of aliphatic hydroxyl groups excluding tert-OH is 1. The Labute approximate surface area is 156 Å². The smallest absolute Gasteiger partial charge is 0.286 e. The van der Waals surface area contributed by atoms with Gasteiger partial charge >= 0.3 is 0 Å². The lowest BCUT2D eigenvalue weighted by Crippen LogP contribution is -2.34. The summed E-state index contributed by atoms with van der Waals surface area (Å²) in [6.45, 7) is 0.951. The van der Waals surface area contributed by atoms with Crippen molar-refractivity contribution in [3.8, 4) is 0 Å². The second-order valence-corrected chi connectivity index (χ2v) is 6.95. The summed E-state index contributed by atoms with van der Waals surface area (Å²) in [6, 6.07) is 4.05. The molecule has 0 radical (unpaired) electrons. The number of carbonyl (C=O) groups is 1. The Morgan fingerprint density at radius 1 is 1.54 bits per heavy atom. The molecule has 3 rings (SSSR count). The summed E-state index contributed by atoms with van der Waals surface area (Å²) in [5, 5.41) is 13.8. The molecule has 0 saturated heterocycles. The minimum Gasteiger partial charge on any atom is -0.459 e. The Hall–Kier alpha value is -2.16. The molecule has 0 spiro atoms. The topological polar surface area (TPSA) is 96.5 Å². The Balaban J connectivity index is 1.61. The molecule has 3 N–H and O–H groups in total. The summed E-state index contributed by atoms with van der Waals surface area (Å²) >= 11 is 1.65. The molecule has 1 amide bonds. The number of aromatic amines is 1. The number of aliphatic hydroxyl groups is 1. The van der Waals surface area contributed by atoms with Crippen molar-refractivity contribution in [2.75, 3.05) is 19.8 Å². The van der Waals surface area contributed by atoms with Gasteiger partial charge in [-0.05, 0) is 23.9 Å². The van der Waals surface area contributed by atoms with Crippen LogP contribution in [0, 0.1) is 0 Å². The van der Waals surface area contributed by atoms with E-state index in [4.69, 9.17) is 14.6 Å². The highest BCUT2D eigenvalue weighted by atomic mass is 32.1. The highest BCUT2D eigenvalue weighted by Gasteiger charge is 2.29. The Morgan fingerprint density at radius 2 is 2.46 bits per heavy atom. The molecule has 2 aromatic rings. The lowest BCUT2D eigenvalue weighted by Gasteiger charge is -2.28. The van der Waals surface area contributed by atoms with E-state index >= 15 is 0 Å². The number of hydrogen-bond acceptors (Lipinski definition) is 6. The second-order valence-electron chi connectivity index (χ2n) is 5.97. The predicted octanol–water partition coefficient (Wildman–Crippen LogP) is 1.94. The first kappa shape index (κ1) is 18.6. The van der Waals surface area contributed by atoms with Crippen LogP contribution in [-0.2, 0) is 20.7 Å². The highest BCUT2D eigenvalue weighted by molar-refractivity contribution is 7.10. The number of amides is 1. The maximum absolute atomic E-state index is 12.5. The molecule has 1 aliphatic heterocycles. The number of hydrogen-bond donors (Lipinski definition) is 3. The van der Waals surface area contributed by atoms with Crippen LogP contribution in [0.3, 0.4) is 0 Å². The van der Waals surface area contributed by atoms with E-state index in [1.54, 1.807) is 23.9 Å². The SMILES string of the molecule is O=C(NCCc1cnc[nH]1)C1=C[C@@H](c2cccs2)C[C@@H](OCCCO)O1. The van der Waals surface area contributed by atoms with E-state index in [0.717, 1.165) is 5.69 Å². The zero-order valence-corrected chi connectivity index (χ0v) is 15.2. The molecule has 2 aromatic heterocycles. The van der Waals surface area contributed by atoms with Gasteiger partial charge in [-0.3, -0.25) is 4.79 Å². The highest BCUT2D eigenvalue weighted by Crippen LogP contribution is 2.33. The molecule has 0 aliphatic carbocycles. The minimum absolute atomic E-state index is 0.0673. The molecular weight excluding hydrogens is 354 g/mol. The first-order valence-electron chi connectivity index (χ1n) is 8.66. The van der Waals surface area contributed by atoms with Crippen molar-refractivity contribution in [1.29, 1.82) is 0 Å². The van der Waals surface area contributed by atoms with Crippen molar-refractivity contribution in [3.05, 3.63) is 52.4 Å². The van der Waals surface area contributed by atoms with Gasteiger partial charge in [0.2, 0.25) is 6.29 Å². The third-order valence-corrected chi connectivity index (χ3v) is 5.03. The maximum Gasteiger partial charge on any atom is 0.286 e. The van der Waals surface area contributed by atoms with E-state index in [1.807, 2.05) is 17.5 Å². The predicted molar refractivity (Wildman–Crippen MR) is 97.6 cm³/mol. The number of nitrogens with one attached hydrogen (secondary N) is 2. The number of aromatic nitrogens is 2. The van der Waals surface area contributed by atoms with Gasteiger partial charge in [0.15, 0.2) is 5.76 Å². The second kappa shape index (κ2) is 9.51. The van der Waals surface area contributed by atoms with Crippen LogP contribution in [0.4, 0.5) is 0 Å². The third kappa shape index (κ3) is 5.17. The van der Waals surface area contributed by atoms with Crippen molar-refractivity contribution in [2.45, 2.75) is 31.5 Å². The normalized spacial score (nSPS) is 19.7. The van der Waals surface area contributed by atoms with Gasteiger partial charge in [-0.1, -0.05) is 6.07 Å². The van der Waals surface area contributed by atoms with Crippen molar-refractivity contribution >= 4 is 17.2 Å². The number of allylic oxidation sites excluding steroid dienone is 1. The molecule has 2 atom stereocenters. The van der Waals surface area contributed by atoms with Gasteiger partial charge in [0.25, 0.3) is 5.91 Å². The Bertz CT molecular complexity index is 700. The first-order chi connectivity index (χ1) is 12.8. The van der Waals surface area contributed by atoms with Gasteiger partial charge in [-0.25, -0.2) is 4.98 Å². The minimum atomic E-state index is -0.494. The van der Waals surface area contributed by atoms with Gasteiger partial charge in [0, 0.05) is 48.7 Å². The number of H-pyrrole nitrogens is 1. The molecule has 0 fully saturated rings. The first-order valence-corrected chi connectivity index (χ1v) is 9.54. The largest absolute Gasteiger partial charge is 0.459 e. The fourth-order valence-electron chi connectivity index (χ4n) is 2.72. The number of thiophene rings is 1. The number of imidazole rings is 1. The summed E-state index contributed by atoms with van der Waals surface area (Å²) in [5.74, 6) is 0.117. The van der Waals surface area contributed by atoms with Crippen LogP contribution >= 0.6 is 11.3 Å². The van der Waals surface area contributed by atoms with Crippen LogP contribution in [0.1, 0.15) is 29.3 Å². The van der Waals surface area contributed by atoms with E-state index in [9.17, 15) is 4.79 Å². The van der Waals surface area contributed by atoms with Crippen molar-refractivity contribution < 1.29 is 19.4 Å². The van der Waals surface area contributed by atoms with Crippen LogP contribution in [0.25, 0.3) is 0 Å². The van der Waals surface area contributed by atoms with E-state index in [0.29, 0.717) is 32.4 Å². The lowest BCUT2D eigenvalue weighted by molar-refractivity contribution is -0.146. The number of rotatable bonds is 9. The van der Waals surface area contributed by atoms with E-state index in [-0.39, 0.29) is 24.2 Å². The summed E-state index contributed by atoms with van der Waals surface area (Å²) in [7, 11) is 0. The molecule has 0 saturated carbocycles. The average molecular weight is 377 g/mol. The monoisotopic (exact) mass is 377 g/mol. The Kier molecular flexibility index (Phi) is 6.82. The fraction of sp³-hybridized carbons (Fsp3) is 0.444. The van der Waals surface area contributed by atoms with Crippen LogP contribution in [0.5, 0.6) is 0 Å². The van der Waals surface area contributed by atoms with E-state index in [1.165, 1.54) is 4.88 Å². The number of ether oxygens (including phenoxy) is 2. The lowest BCUT2D eigenvalue weighted by atomic mass is 9.99. The number of carbonyl (C=O) groups excluding carboxylic acids is 1. The zero-order chi connectivity index (χ0) is 18.2. The van der Waals surface area contributed by atoms with Crippen LogP contribution < -0.4 is 5.32 Å². The van der Waals surface area contributed by atoms with Gasteiger partial charge in [-0.2, -0.15) is 0 Å². The van der Waals surface area contributed by atoms with Crippen LogP contribution in [-0.4, -0.2) is 47.0 Å². The standard InChI is InChI=1S/C18H23N3O4S/c22-6-2-7-24-17-10-13(16-3-1-8-26-16)9-15(25-17)18(23)20-5-4-14-11-19-12-21-14/h1,3,8-9,11-13,17,22H,2,4-7,10H2,(H,19,21)(H,20,23)/t13-,17+/m1/s1.